The first kappa shape index (κ1) is 23.0. The van der Waals surface area contributed by atoms with E-state index >= 15 is 0 Å². The van der Waals surface area contributed by atoms with Crippen LogP contribution >= 0.6 is 0 Å². The number of aliphatic hydroxyl groups is 1. The lowest BCUT2D eigenvalue weighted by Gasteiger charge is -2.38. The number of carbonyl (C=O) groups excluding carboxylic acids is 3. The second-order valence-electron chi connectivity index (χ2n) is 6.31. The lowest BCUT2D eigenvalue weighted by molar-refractivity contribution is -0.386. The normalized spacial score (nSPS) is 23.2. The Balaban J connectivity index is 2.43. The Morgan fingerprint density at radius 3 is 2.43 bits per heavy atom. The van der Waals surface area contributed by atoms with Gasteiger partial charge in [0.1, 0.15) is 6.10 Å². The number of esters is 3. The third-order valence-electron chi connectivity index (χ3n) is 4.11. The minimum absolute atomic E-state index is 0.185. The van der Waals surface area contributed by atoms with Crippen LogP contribution in [0.5, 0.6) is 5.75 Å². The van der Waals surface area contributed by atoms with Crippen LogP contribution in [0.25, 0.3) is 0 Å². The number of carbonyl (C=O) groups is 3. The molecule has 0 aliphatic carbocycles. The maximum Gasteiger partial charge on any atom is 0.335 e. The van der Waals surface area contributed by atoms with Gasteiger partial charge in [0, 0.05) is 26.3 Å². The summed E-state index contributed by atoms with van der Waals surface area (Å²) in [6.07, 6.45) is -5.41. The quantitative estimate of drug-likeness (QED) is 0.281. The molecule has 1 aromatic rings. The van der Waals surface area contributed by atoms with Gasteiger partial charge in [-0.3, -0.25) is 19.7 Å². The van der Waals surface area contributed by atoms with E-state index in [1.54, 1.807) is 0 Å². The van der Waals surface area contributed by atoms with Gasteiger partial charge >= 0.3 is 23.6 Å². The van der Waals surface area contributed by atoms with Crippen molar-refractivity contribution in [1.29, 1.82) is 0 Å². The van der Waals surface area contributed by atoms with E-state index in [9.17, 15) is 29.6 Å². The molecule has 0 amide bonds. The number of nitrogens with zero attached hydrogens (tertiary/aromatic N) is 1. The molecule has 0 saturated carbocycles. The monoisotopic (exact) mass is 427 g/mol. The molecule has 12 heteroatoms. The molecule has 1 aliphatic rings. The molecule has 0 aromatic heterocycles. The average Bonchev–Trinajstić information content (AvgIpc) is 2.68. The number of aliphatic hydroxyl groups excluding tert-OH is 1. The smallest absolute Gasteiger partial charge is 0.335 e. The molecule has 1 fully saturated rings. The third-order valence-corrected chi connectivity index (χ3v) is 4.11. The maximum absolute atomic E-state index is 12.0. The van der Waals surface area contributed by atoms with Crippen LogP contribution < -0.4 is 4.74 Å². The summed E-state index contributed by atoms with van der Waals surface area (Å²) in [5, 5.41) is 20.6. The summed E-state index contributed by atoms with van der Waals surface area (Å²) in [5.74, 6) is -2.53. The largest absolute Gasteiger partial charge is 0.467 e. The molecule has 1 aromatic carbocycles. The molecule has 2 rings (SSSR count). The van der Waals surface area contributed by atoms with Crippen molar-refractivity contribution in [3.05, 3.63) is 33.9 Å². The topological polar surface area (TPSA) is 161 Å². The fourth-order valence-corrected chi connectivity index (χ4v) is 2.87. The molecule has 0 bridgehead atoms. The molecule has 0 radical (unpaired) electrons. The zero-order chi connectivity index (χ0) is 22.4. The maximum atomic E-state index is 12.0. The van der Waals surface area contributed by atoms with Gasteiger partial charge in [0.2, 0.25) is 12.4 Å². The van der Waals surface area contributed by atoms with Crippen molar-refractivity contribution in [2.24, 2.45) is 0 Å². The molecule has 1 aliphatic heterocycles. The Hall–Kier alpha value is -3.25. The highest BCUT2D eigenvalue weighted by Crippen LogP contribution is 2.33. The second kappa shape index (κ2) is 9.98. The summed E-state index contributed by atoms with van der Waals surface area (Å²) in [7, 11) is 1.12. The number of nitro groups is 1. The molecule has 1 heterocycles. The highest BCUT2D eigenvalue weighted by atomic mass is 16.7. The number of hydrogen-bond donors (Lipinski definition) is 1. The van der Waals surface area contributed by atoms with Crippen LogP contribution in [0.2, 0.25) is 0 Å². The zero-order valence-electron chi connectivity index (χ0n) is 16.4. The van der Waals surface area contributed by atoms with Crippen molar-refractivity contribution < 1.29 is 48.1 Å². The van der Waals surface area contributed by atoms with Crippen LogP contribution in [-0.4, -0.2) is 59.6 Å². The van der Waals surface area contributed by atoms with Crippen molar-refractivity contribution in [2.45, 2.75) is 51.5 Å². The Labute approximate surface area is 170 Å². The standard InChI is InChI=1S/C18H21NO11/c1-9(21)27-14-7-15(17(23)26-3)30-18(16(14)28-10(2)22)29-13-5-4-11(8-20)6-12(13)19(24)25/h4-6,14-16,18,20H,7-8H2,1-3H3/t14-,15-,16+,18+/m0/s1. The van der Waals surface area contributed by atoms with E-state index in [1.807, 2.05) is 0 Å². The highest BCUT2D eigenvalue weighted by Gasteiger charge is 2.47. The first-order valence-corrected chi connectivity index (χ1v) is 8.78. The van der Waals surface area contributed by atoms with Crippen LogP contribution in [0.15, 0.2) is 18.2 Å². The minimum atomic E-state index is -1.53. The number of benzene rings is 1. The van der Waals surface area contributed by atoms with E-state index in [0.29, 0.717) is 0 Å². The fourth-order valence-electron chi connectivity index (χ4n) is 2.87. The summed E-state index contributed by atoms with van der Waals surface area (Å²) in [5.41, 5.74) is -0.226. The summed E-state index contributed by atoms with van der Waals surface area (Å²) in [6, 6.07) is 3.70. The predicted octanol–water partition coefficient (Wildman–Crippen LogP) is 0.617. The lowest BCUT2D eigenvalue weighted by atomic mass is 10.0. The van der Waals surface area contributed by atoms with Gasteiger partial charge < -0.3 is 28.8 Å². The molecule has 4 atom stereocenters. The van der Waals surface area contributed by atoms with Crippen molar-refractivity contribution in [2.75, 3.05) is 7.11 Å². The first-order chi connectivity index (χ1) is 14.2. The molecule has 1 saturated heterocycles. The predicted molar refractivity (Wildman–Crippen MR) is 96.0 cm³/mol. The summed E-state index contributed by atoms with van der Waals surface area (Å²) >= 11 is 0. The van der Waals surface area contributed by atoms with Gasteiger partial charge in [0.25, 0.3) is 0 Å². The van der Waals surface area contributed by atoms with Crippen LogP contribution in [0.4, 0.5) is 5.69 Å². The Kier molecular flexibility index (Phi) is 7.66. The highest BCUT2D eigenvalue weighted by molar-refractivity contribution is 5.75. The zero-order valence-corrected chi connectivity index (χ0v) is 16.4. The molecule has 30 heavy (non-hydrogen) atoms. The van der Waals surface area contributed by atoms with Gasteiger partial charge in [-0.05, 0) is 11.6 Å². The Morgan fingerprint density at radius 1 is 1.23 bits per heavy atom. The number of rotatable bonds is 7. The van der Waals surface area contributed by atoms with Crippen molar-refractivity contribution >= 4 is 23.6 Å². The van der Waals surface area contributed by atoms with E-state index in [1.165, 1.54) is 12.1 Å². The molecular formula is C18H21NO11. The van der Waals surface area contributed by atoms with Gasteiger partial charge in [-0.25, -0.2) is 4.79 Å². The van der Waals surface area contributed by atoms with Crippen LogP contribution in [0.1, 0.15) is 25.8 Å². The Morgan fingerprint density at radius 2 is 1.90 bits per heavy atom. The van der Waals surface area contributed by atoms with Gasteiger partial charge in [-0.1, -0.05) is 6.07 Å². The number of hydrogen-bond acceptors (Lipinski definition) is 11. The third kappa shape index (κ3) is 5.64. The summed E-state index contributed by atoms with van der Waals surface area (Å²) < 4.78 is 26.1. The summed E-state index contributed by atoms with van der Waals surface area (Å²) in [6.45, 7) is 1.80. The van der Waals surface area contributed by atoms with E-state index in [4.69, 9.17) is 18.9 Å². The average molecular weight is 427 g/mol. The van der Waals surface area contributed by atoms with Crippen LogP contribution in [0.3, 0.4) is 0 Å². The van der Waals surface area contributed by atoms with E-state index in [0.717, 1.165) is 27.0 Å². The van der Waals surface area contributed by atoms with E-state index in [-0.39, 0.29) is 17.7 Å². The van der Waals surface area contributed by atoms with Gasteiger partial charge in [-0.2, -0.15) is 0 Å². The molecule has 0 unspecified atom stereocenters. The van der Waals surface area contributed by atoms with E-state index < -0.39 is 59.7 Å². The van der Waals surface area contributed by atoms with Gasteiger partial charge in [0.05, 0.1) is 18.6 Å². The first-order valence-electron chi connectivity index (χ1n) is 8.78. The van der Waals surface area contributed by atoms with Crippen LogP contribution in [0, 0.1) is 10.1 Å². The second-order valence-corrected chi connectivity index (χ2v) is 6.31. The summed E-state index contributed by atoms with van der Waals surface area (Å²) in [4.78, 5) is 45.7. The fraction of sp³-hybridized carbons (Fsp3) is 0.500. The Bertz CT molecular complexity index is 824. The minimum Gasteiger partial charge on any atom is -0.467 e. The number of nitro benzene ring substituents is 1. The molecule has 164 valence electrons. The van der Waals surface area contributed by atoms with E-state index in [2.05, 4.69) is 4.74 Å². The van der Waals surface area contributed by atoms with Crippen molar-refractivity contribution in [3.8, 4) is 5.75 Å². The van der Waals surface area contributed by atoms with Gasteiger partial charge in [0.15, 0.2) is 11.9 Å². The molecule has 12 nitrogen and oxygen atoms in total. The van der Waals surface area contributed by atoms with Crippen molar-refractivity contribution in [3.63, 3.8) is 0 Å². The van der Waals surface area contributed by atoms with Gasteiger partial charge in [-0.15, -0.1) is 0 Å². The molecule has 1 N–H and O–H groups in total. The number of methoxy groups -OCH3 is 1. The molecular weight excluding hydrogens is 406 g/mol. The molecule has 0 spiro atoms. The lowest BCUT2D eigenvalue weighted by Crippen LogP contribution is -2.55. The van der Waals surface area contributed by atoms with Crippen molar-refractivity contribution in [1.82, 2.24) is 0 Å². The SMILES string of the molecule is COC(=O)[C@@H]1C[C@H](OC(C)=O)[C@@H](OC(C)=O)[C@H](Oc2ccc(CO)cc2[N+](=O)[O-])O1. The van der Waals surface area contributed by atoms with Crippen LogP contribution in [-0.2, 0) is 39.9 Å². The number of ether oxygens (including phenoxy) is 5.